The van der Waals surface area contributed by atoms with E-state index < -0.39 is 0 Å². The van der Waals surface area contributed by atoms with Gasteiger partial charge in [-0.3, -0.25) is 4.79 Å². The Balaban J connectivity index is 1.48. The van der Waals surface area contributed by atoms with Gasteiger partial charge in [0.25, 0.3) is 0 Å². The van der Waals surface area contributed by atoms with E-state index in [0.29, 0.717) is 11.8 Å². The van der Waals surface area contributed by atoms with Crippen molar-refractivity contribution in [3.05, 3.63) is 36.4 Å². The summed E-state index contributed by atoms with van der Waals surface area (Å²) in [6, 6.07) is 6.75. The molecule has 5 nitrogen and oxygen atoms in total. The Morgan fingerprint density at radius 1 is 1.43 bits per heavy atom. The molecule has 4 rings (SSSR count). The molecule has 0 saturated heterocycles. The average Bonchev–Trinajstić information content (AvgIpc) is 3.23. The summed E-state index contributed by atoms with van der Waals surface area (Å²) < 4.78 is 2.25. The first kappa shape index (κ1) is 12.8. The second kappa shape index (κ2) is 5.11. The van der Waals surface area contributed by atoms with Gasteiger partial charge in [0.05, 0.1) is 30.0 Å². The van der Waals surface area contributed by atoms with Crippen molar-refractivity contribution in [3.8, 4) is 0 Å². The highest BCUT2D eigenvalue weighted by atomic mass is 32.2. The number of nitrogens with one attached hydrogen (secondary N) is 2. The molecule has 1 amide bonds. The van der Waals surface area contributed by atoms with E-state index in [1.165, 1.54) is 18.5 Å². The molecule has 0 radical (unpaired) electrons. The molecule has 0 atom stereocenters. The lowest BCUT2D eigenvalue weighted by Gasteiger charge is -2.17. The molecule has 1 fully saturated rings. The van der Waals surface area contributed by atoms with Gasteiger partial charge in [0.2, 0.25) is 5.91 Å². The van der Waals surface area contributed by atoms with Crippen LogP contribution in [0.25, 0.3) is 0 Å². The van der Waals surface area contributed by atoms with Crippen LogP contribution in [-0.2, 0) is 11.3 Å². The smallest absolute Gasteiger partial charge is 0.234 e. The van der Waals surface area contributed by atoms with E-state index in [0.717, 1.165) is 22.8 Å². The maximum atomic E-state index is 11.4. The van der Waals surface area contributed by atoms with E-state index in [4.69, 9.17) is 0 Å². The zero-order valence-electron chi connectivity index (χ0n) is 11.5. The van der Waals surface area contributed by atoms with E-state index in [9.17, 15) is 4.79 Å². The summed E-state index contributed by atoms with van der Waals surface area (Å²) in [4.78, 5) is 16.8. The average molecular weight is 300 g/mol. The number of fused-ring (bicyclic) bond motifs is 1. The third-order valence-electron chi connectivity index (χ3n) is 3.77. The van der Waals surface area contributed by atoms with Crippen LogP contribution in [0.1, 0.15) is 24.6 Å². The molecule has 108 valence electrons. The molecule has 2 aliphatic rings. The molecule has 0 bridgehead atoms. The lowest BCUT2D eigenvalue weighted by Crippen LogP contribution is -2.18. The topological polar surface area (TPSA) is 59.0 Å². The molecule has 1 saturated carbocycles. The Hall–Kier alpha value is -1.95. The number of hydrogen-bond acceptors (Lipinski definition) is 4. The molecule has 2 N–H and O–H groups in total. The minimum absolute atomic E-state index is 0.0662. The van der Waals surface area contributed by atoms with Gasteiger partial charge >= 0.3 is 0 Å². The van der Waals surface area contributed by atoms with Gasteiger partial charge < -0.3 is 15.2 Å². The first-order valence-electron chi connectivity index (χ1n) is 7.11. The van der Waals surface area contributed by atoms with E-state index in [1.54, 1.807) is 11.8 Å². The fourth-order valence-electron chi connectivity index (χ4n) is 2.54. The van der Waals surface area contributed by atoms with Crippen molar-refractivity contribution < 1.29 is 4.79 Å². The van der Waals surface area contributed by atoms with Crippen LogP contribution < -0.4 is 10.6 Å². The summed E-state index contributed by atoms with van der Waals surface area (Å²) in [5.41, 5.74) is 3.12. The summed E-state index contributed by atoms with van der Waals surface area (Å²) in [7, 11) is 0. The van der Waals surface area contributed by atoms with Gasteiger partial charge in [-0.2, -0.15) is 0 Å². The van der Waals surface area contributed by atoms with Gasteiger partial charge in [-0.05, 0) is 31.0 Å². The van der Waals surface area contributed by atoms with E-state index in [-0.39, 0.29) is 5.91 Å². The highest BCUT2D eigenvalue weighted by Gasteiger charge is 2.25. The second-order valence-corrected chi connectivity index (χ2v) is 6.44. The number of nitrogens with zero attached hydrogens (tertiary/aromatic N) is 2. The summed E-state index contributed by atoms with van der Waals surface area (Å²) >= 11 is 1.58. The van der Waals surface area contributed by atoms with Gasteiger partial charge in [0, 0.05) is 22.8 Å². The highest BCUT2D eigenvalue weighted by molar-refractivity contribution is 8.00. The zero-order valence-corrected chi connectivity index (χ0v) is 12.3. The highest BCUT2D eigenvalue weighted by Crippen LogP contribution is 2.36. The third kappa shape index (κ3) is 2.63. The Labute approximate surface area is 127 Å². The second-order valence-electron chi connectivity index (χ2n) is 5.42. The zero-order chi connectivity index (χ0) is 14.2. The van der Waals surface area contributed by atoms with Crippen LogP contribution >= 0.6 is 11.8 Å². The minimum atomic E-state index is 0.0662. The number of benzene rings is 1. The minimum Gasteiger partial charge on any atom is -0.379 e. The fourth-order valence-corrected chi connectivity index (χ4v) is 3.32. The quantitative estimate of drug-likeness (QED) is 0.911. The number of carbonyl (C=O) groups is 1. The van der Waals surface area contributed by atoms with Gasteiger partial charge in [0.15, 0.2) is 0 Å². The number of aromatic nitrogens is 2. The van der Waals surface area contributed by atoms with E-state index in [2.05, 4.69) is 32.3 Å². The molecule has 1 aromatic carbocycles. The number of carbonyl (C=O) groups excluding carboxylic acids is 1. The Bertz CT molecular complexity index is 693. The summed E-state index contributed by atoms with van der Waals surface area (Å²) in [6.45, 7) is 0.746. The number of hydrogen-bond donors (Lipinski definition) is 2. The predicted molar refractivity (Wildman–Crippen MR) is 83.6 cm³/mol. The summed E-state index contributed by atoms with van der Waals surface area (Å²) in [5.74, 6) is 0.567. The maximum absolute atomic E-state index is 11.4. The molecular formula is C15H16N4OS. The number of amides is 1. The largest absolute Gasteiger partial charge is 0.379 e. The van der Waals surface area contributed by atoms with Gasteiger partial charge in [-0.1, -0.05) is 0 Å². The van der Waals surface area contributed by atoms with Crippen LogP contribution in [-0.4, -0.2) is 21.2 Å². The van der Waals surface area contributed by atoms with Crippen molar-refractivity contribution in [2.45, 2.75) is 30.3 Å². The third-order valence-corrected chi connectivity index (χ3v) is 4.85. The lowest BCUT2D eigenvalue weighted by molar-refractivity contribution is -0.113. The lowest BCUT2D eigenvalue weighted by atomic mass is 10.2. The van der Waals surface area contributed by atoms with Crippen LogP contribution in [0.5, 0.6) is 0 Å². The number of rotatable bonds is 4. The van der Waals surface area contributed by atoms with Crippen molar-refractivity contribution in [3.63, 3.8) is 0 Å². The van der Waals surface area contributed by atoms with Crippen LogP contribution in [0.4, 0.5) is 11.4 Å². The molecule has 0 spiro atoms. The maximum Gasteiger partial charge on any atom is 0.234 e. The van der Waals surface area contributed by atoms with Crippen molar-refractivity contribution in [1.82, 2.24) is 9.55 Å². The van der Waals surface area contributed by atoms with E-state index in [1.807, 2.05) is 18.6 Å². The van der Waals surface area contributed by atoms with Crippen LogP contribution in [0.2, 0.25) is 0 Å². The van der Waals surface area contributed by atoms with Crippen LogP contribution in [0, 0.1) is 0 Å². The van der Waals surface area contributed by atoms with Crippen molar-refractivity contribution >= 4 is 29.0 Å². The predicted octanol–water partition coefficient (Wildman–Crippen LogP) is 2.87. The number of imidazole rings is 1. The molecule has 0 unspecified atom stereocenters. The van der Waals surface area contributed by atoms with Gasteiger partial charge in [-0.15, -0.1) is 11.8 Å². The molecular weight excluding hydrogens is 284 g/mol. The molecule has 6 heteroatoms. The first-order chi connectivity index (χ1) is 10.3. The SMILES string of the molecule is O=C1CSc2ccc(NCc3cncn3C3CC3)cc2N1. The van der Waals surface area contributed by atoms with Crippen molar-refractivity contribution in [2.24, 2.45) is 0 Å². The van der Waals surface area contributed by atoms with Crippen molar-refractivity contribution in [1.29, 1.82) is 0 Å². The number of thioether (sulfide) groups is 1. The molecule has 2 aromatic rings. The van der Waals surface area contributed by atoms with E-state index >= 15 is 0 Å². The summed E-state index contributed by atoms with van der Waals surface area (Å²) in [5, 5.41) is 6.33. The molecule has 21 heavy (non-hydrogen) atoms. The standard InChI is InChI=1S/C15H16N4OS/c20-15-8-21-14-4-1-10(5-13(14)18-15)17-7-12-6-16-9-19(12)11-2-3-11/h1,4-6,9,11,17H,2-3,7-8H2,(H,18,20). The van der Waals surface area contributed by atoms with Crippen LogP contribution in [0.15, 0.2) is 35.6 Å². The van der Waals surface area contributed by atoms with Crippen LogP contribution in [0.3, 0.4) is 0 Å². The Morgan fingerprint density at radius 3 is 3.19 bits per heavy atom. The monoisotopic (exact) mass is 300 g/mol. The Morgan fingerprint density at radius 2 is 2.33 bits per heavy atom. The molecule has 2 heterocycles. The first-order valence-corrected chi connectivity index (χ1v) is 8.09. The van der Waals surface area contributed by atoms with Gasteiger partial charge in [0.1, 0.15) is 0 Å². The molecule has 1 aliphatic carbocycles. The summed E-state index contributed by atoms with van der Waals surface area (Å²) in [6.07, 6.45) is 6.34. The molecule has 1 aromatic heterocycles. The number of anilines is 2. The normalized spacial score (nSPS) is 17.2. The fraction of sp³-hybridized carbons (Fsp3) is 0.333. The molecule has 1 aliphatic heterocycles. The van der Waals surface area contributed by atoms with Crippen molar-refractivity contribution in [2.75, 3.05) is 16.4 Å². The Kier molecular flexibility index (Phi) is 3.11. The van der Waals surface area contributed by atoms with Gasteiger partial charge in [-0.25, -0.2) is 4.98 Å².